The van der Waals surface area contributed by atoms with Gasteiger partial charge in [0, 0.05) is 4.47 Å². The van der Waals surface area contributed by atoms with Crippen LogP contribution in [0.1, 0.15) is 28.9 Å². The Kier molecular flexibility index (Phi) is 4.53. The second-order valence-electron chi connectivity index (χ2n) is 5.41. The number of ether oxygens (including phenoxy) is 1. The van der Waals surface area contributed by atoms with E-state index in [2.05, 4.69) is 26.6 Å². The SMILES string of the molecule is CC(NC(=O)c1cc(Br)ccc1F)c1ccc2c(c1)NC(=O)CO2. The molecule has 2 amide bonds. The van der Waals surface area contributed by atoms with Crippen LogP contribution in [0.2, 0.25) is 0 Å². The summed E-state index contributed by atoms with van der Waals surface area (Å²) in [4.78, 5) is 23.7. The summed E-state index contributed by atoms with van der Waals surface area (Å²) in [6.07, 6.45) is 0. The molecule has 1 atom stereocenters. The molecule has 0 spiro atoms. The summed E-state index contributed by atoms with van der Waals surface area (Å²) in [7, 11) is 0. The lowest BCUT2D eigenvalue weighted by Gasteiger charge is -2.21. The molecule has 1 aliphatic heterocycles. The maximum Gasteiger partial charge on any atom is 0.262 e. The lowest BCUT2D eigenvalue weighted by molar-refractivity contribution is -0.118. The number of halogens is 2. The number of benzene rings is 2. The van der Waals surface area contributed by atoms with E-state index in [1.54, 1.807) is 25.1 Å². The number of rotatable bonds is 3. The van der Waals surface area contributed by atoms with Crippen molar-refractivity contribution in [1.29, 1.82) is 0 Å². The molecular formula is C17H14BrFN2O3. The third kappa shape index (κ3) is 3.41. The van der Waals surface area contributed by atoms with Gasteiger partial charge in [-0.3, -0.25) is 9.59 Å². The molecule has 2 aromatic rings. The average Bonchev–Trinajstić information content (AvgIpc) is 2.56. The first-order valence-corrected chi connectivity index (χ1v) is 8.06. The zero-order chi connectivity index (χ0) is 17.3. The van der Waals surface area contributed by atoms with Crippen LogP contribution in [0.5, 0.6) is 5.75 Å². The lowest BCUT2D eigenvalue weighted by atomic mass is 10.1. The topological polar surface area (TPSA) is 67.4 Å². The maximum absolute atomic E-state index is 13.8. The van der Waals surface area contributed by atoms with Crippen LogP contribution in [-0.2, 0) is 4.79 Å². The van der Waals surface area contributed by atoms with Gasteiger partial charge < -0.3 is 15.4 Å². The molecule has 24 heavy (non-hydrogen) atoms. The summed E-state index contributed by atoms with van der Waals surface area (Å²) in [6, 6.07) is 9.06. The molecule has 1 unspecified atom stereocenters. The summed E-state index contributed by atoms with van der Waals surface area (Å²) in [5, 5.41) is 5.46. The Morgan fingerprint density at radius 1 is 1.33 bits per heavy atom. The van der Waals surface area contributed by atoms with E-state index in [1.807, 2.05) is 0 Å². The van der Waals surface area contributed by atoms with Crippen molar-refractivity contribution in [3.05, 3.63) is 57.8 Å². The lowest BCUT2D eigenvalue weighted by Crippen LogP contribution is -2.28. The van der Waals surface area contributed by atoms with Gasteiger partial charge in [-0.25, -0.2) is 4.39 Å². The molecule has 0 aliphatic carbocycles. The molecule has 2 aromatic carbocycles. The van der Waals surface area contributed by atoms with Crippen LogP contribution in [-0.4, -0.2) is 18.4 Å². The Morgan fingerprint density at radius 2 is 2.12 bits per heavy atom. The summed E-state index contributed by atoms with van der Waals surface area (Å²) in [6.45, 7) is 1.77. The molecule has 7 heteroatoms. The fourth-order valence-electron chi connectivity index (χ4n) is 2.40. The molecule has 0 radical (unpaired) electrons. The van der Waals surface area contributed by atoms with E-state index in [9.17, 15) is 14.0 Å². The highest BCUT2D eigenvalue weighted by Gasteiger charge is 2.19. The van der Waals surface area contributed by atoms with E-state index in [0.717, 1.165) is 5.56 Å². The van der Waals surface area contributed by atoms with Crippen LogP contribution in [0, 0.1) is 5.82 Å². The molecule has 1 heterocycles. The molecule has 0 saturated carbocycles. The van der Waals surface area contributed by atoms with Crippen molar-refractivity contribution in [3.8, 4) is 5.75 Å². The summed E-state index contributed by atoms with van der Waals surface area (Å²) < 4.78 is 19.7. The molecule has 3 rings (SSSR count). The standard InChI is InChI=1S/C17H14BrFN2O3/c1-9(20-17(23)12-7-11(18)3-4-13(12)19)10-2-5-15-14(6-10)21-16(22)8-24-15/h2-7,9H,8H2,1H3,(H,20,23)(H,21,22). The van der Waals surface area contributed by atoms with Gasteiger partial charge >= 0.3 is 0 Å². The second kappa shape index (κ2) is 6.60. The van der Waals surface area contributed by atoms with Crippen molar-refractivity contribution >= 4 is 33.4 Å². The number of carbonyl (C=O) groups is 2. The molecule has 0 saturated heterocycles. The average molecular weight is 393 g/mol. The zero-order valence-electron chi connectivity index (χ0n) is 12.7. The largest absolute Gasteiger partial charge is 0.482 e. The highest BCUT2D eigenvalue weighted by molar-refractivity contribution is 9.10. The van der Waals surface area contributed by atoms with E-state index in [0.29, 0.717) is 15.9 Å². The van der Waals surface area contributed by atoms with E-state index in [-0.39, 0.29) is 24.1 Å². The fraction of sp³-hybridized carbons (Fsp3) is 0.176. The van der Waals surface area contributed by atoms with Gasteiger partial charge in [-0.2, -0.15) is 0 Å². The van der Waals surface area contributed by atoms with E-state index >= 15 is 0 Å². The van der Waals surface area contributed by atoms with Crippen LogP contribution in [0.15, 0.2) is 40.9 Å². The molecule has 0 bridgehead atoms. The van der Waals surface area contributed by atoms with E-state index < -0.39 is 11.7 Å². The van der Waals surface area contributed by atoms with Crippen molar-refractivity contribution in [2.24, 2.45) is 0 Å². The first-order valence-electron chi connectivity index (χ1n) is 7.26. The number of nitrogens with one attached hydrogen (secondary N) is 2. The normalized spacial score (nSPS) is 14.2. The second-order valence-corrected chi connectivity index (χ2v) is 6.33. The van der Waals surface area contributed by atoms with Gasteiger partial charge in [-0.1, -0.05) is 22.0 Å². The number of hydrogen-bond donors (Lipinski definition) is 2. The van der Waals surface area contributed by atoms with Gasteiger partial charge in [0.1, 0.15) is 11.6 Å². The molecule has 1 aliphatic rings. The third-order valence-electron chi connectivity index (χ3n) is 3.66. The van der Waals surface area contributed by atoms with Crippen LogP contribution >= 0.6 is 15.9 Å². The van der Waals surface area contributed by atoms with Crippen LogP contribution in [0.25, 0.3) is 0 Å². The predicted octanol–water partition coefficient (Wildman–Crippen LogP) is 3.41. The van der Waals surface area contributed by atoms with Crippen molar-refractivity contribution in [2.75, 3.05) is 11.9 Å². The number of carbonyl (C=O) groups excluding carboxylic acids is 2. The summed E-state index contributed by atoms with van der Waals surface area (Å²) >= 11 is 3.22. The Morgan fingerprint density at radius 3 is 2.92 bits per heavy atom. The number of anilines is 1. The van der Waals surface area contributed by atoms with Gasteiger partial charge in [0.15, 0.2) is 6.61 Å². The van der Waals surface area contributed by atoms with E-state index in [1.165, 1.54) is 18.2 Å². The summed E-state index contributed by atoms with van der Waals surface area (Å²) in [5.74, 6) is -0.754. The molecule has 5 nitrogen and oxygen atoms in total. The Hall–Kier alpha value is -2.41. The van der Waals surface area contributed by atoms with Crippen molar-refractivity contribution in [1.82, 2.24) is 5.32 Å². The first kappa shape index (κ1) is 16.4. The molecule has 2 N–H and O–H groups in total. The van der Waals surface area contributed by atoms with Crippen LogP contribution in [0.4, 0.5) is 10.1 Å². The quantitative estimate of drug-likeness (QED) is 0.840. The van der Waals surface area contributed by atoms with E-state index in [4.69, 9.17) is 4.74 Å². The molecular weight excluding hydrogens is 379 g/mol. The Bertz CT molecular complexity index is 825. The number of amides is 2. The van der Waals surface area contributed by atoms with Crippen LogP contribution < -0.4 is 15.4 Å². The number of fused-ring (bicyclic) bond motifs is 1. The minimum atomic E-state index is -0.589. The Labute approximate surface area is 146 Å². The van der Waals surface area contributed by atoms with Gasteiger partial charge in [0.25, 0.3) is 11.8 Å². The smallest absolute Gasteiger partial charge is 0.262 e. The fourth-order valence-corrected chi connectivity index (χ4v) is 2.76. The minimum Gasteiger partial charge on any atom is -0.482 e. The van der Waals surface area contributed by atoms with Crippen LogP contribution in [0.3, 0.4) is 0 Å². The molecule has 0 fully saturated rings. The summed E-state index contributed by atoms with van der Waals surface area (Å²) in [5.41, 5.74) is 1.28. The van der Waals surface area contributed by atoms with Crippen molar-refractivity contribution in [2.45, 2.75) is 13.0 Å². The van der Waals surface area contributed by atoms with Gasteiger partial charge in [-0.05, 0) is 42.8 Å². The maximum atomic E-state index is 13.8. The molecule has 0 aromatic heterocycles. The number of hydrogen-bond acceptors (Lipinski definition) is 3. The minimum absolute atomic E-state index is 0.0131. The zero-order valence-corrected chi connectivity index (χ0v) is 14.3. The van der Waals surface area contributed by atoms with Gasteiger partial charge in [-0.15, -0.1) is 0 Å². The highest BCUT2D eigenvalue weighted by Crippen LogP contribution is 2.30. The Balaban J connectivity index is 1.78. The van der Waals surface area contributed by atoms with Gasteiger partial charge in [0.05, 0.1) is 17.3 Å². The van der Waals surface area contributed by atoms with Crippen molar-refractivity contribution < 1.29 is 18.7 Å². The third-order valence-corrected chi connectivity index (χ3v) is 4.15. The highest BCUT2D eigenvalue weighted by atomic mass is 79.9. The van der Waals surface area contributed by atoms with Gasteiger partial charge in [0.2, 0.25) is 0 Å². The molecule has 124 valence electrons. The first-order chi connectivity index (χ1) is 11.4. The van der Waals surface area contributed by atoms with Crippen molar-refractivity contribution in [3.63, 3.8) is 0 Å². The predicted molar refractivity (Wildman–Crippen MR) is 90.5 cm³/mol. The monoisotopic (exact) mass is 392 g/mol.